The summed E-state index contributed by atoms with van der Waals surface area (Å²) in [6, 6.07) is 8.95. The van der Waals surface area contributed by atoms with Crippen molar-refractivity contribution in [2.45, 2.75) is 45.1 Å². The van der Waals surface area contributed by atoms with Gasteiger partial charge in [0.1, 0.15) is 0 Å². The molecule has 0 amide bonds. The maximum atomic E-state index is 6.32. The standard InChI is InChI=1S/C17H24ClN/c1-2-10-19-16(17-13-7-5-8-14(13)17)11-12-6-3-4-9-15(12)18/h3-4,6,9,13-14,16-17,19H,2,5,7-8,10-11H2,1H3. The van der Waals surface area contributed by atoms with E-state index in [1.165, 1.54) is 31.2 Å². The Labute approximate surface area is 121 Å². The van der Waals surface area contributed by atoms with Crippen LogP contribution in [0.3, 0.4) is 0 Å². The summed E-state index contributed by atoms with van der Waals surface area (Å²) in [4.78, 5) is 0. The van der Waals surface area contributed by atoms with E-state index in [2.05, 4.69) is 24.4 Å². The molecular formula is C17H24ClN. The van der Waals surface area contributed by atoms with Crippen molar-refractivity contribution < 1.29 is 0 Å². The zero-order valence-electron chi connectivity index (χ0n) is 11.7. The molecule has 1 aromatic carbocycles. The number of hydrogen-bond donors (Lipinski definition) is 1. The molecule has 3 atom stereocenters. The molecule has 0 spiro atoms. The lowest BCUT2D eigenvalue weighted by Crippen LogP contribution is -2.35. The van der Waals surface area contributed by atoms with Crippen LogP contribution in [0.5, 0.6) is 0 Å². The van der Waals surface area contributed by atoms with E-state index < -0.39 is 0 Å². The van der Waals surface area contributed by atoms with Crippen molar-refractivity contribution in [2.24, 2.45) is 17.8 Å². The normalized spacial score (nSPS) is 30.1. The van der Waals surface area contributed by atoms with Gasteiger partial charge in [-0.2, -0.15) is 0 Å². The molecule has 0 heterocycles. The minimum atomic E-state index is 0.634. The molecular weight excluding hydrogens is 254 g/mol. The predicted octanol–water partition coefficient (Wildman–Crippen LogP) is 4.30. The number of halogens is 1. The first-order valence-electron chi connectivity index (χ1n) is 7.78. The molecule has 0 aromatic heterocycles. The van der Waals surface area contributed by atoms with Crippen LogP contribution in [0, 0.1) is 17.8 Å². The Balaban J connectivity index is 1.68. The van der Waals surface area contributed by atoms with Gasteiger partial charge in [0.15, 0.2) is 0 Å². The highest BCUT2D eigenvalue weighted by molar-refractivity contribution is 6.31. The average molecular weight is 278 g/mol. The average Bonchev–Trinajstić information content (AvgIpc) is 2.89. The summed E-state index contributed by atoms with van der Waals surface area (Å²) in [5.41, 5.74) is 1.31. The lowest BCUT2D eigenvalue weighted by atomic mass is 9.97. The predicted molar refractivity (Wildman–Crippen MR) is 81.6 cm³/mol. The fraction of sp³-hybridized carbons (Fsp3) is 0.647. The molecule has 0 radical (unpaired) electrons. The van der Waals surface area contributed by atoms with Gasteiger partial charge in [-0.1, -0.05) is 43.1 Å². The van der Waals surface area contributed by atoms with Gasteiger partial charge in [-0.25, -0.2) is 0 Å². The van der Waals surface area contributed by atoms with Crippen molar-refractivity contribution in [1.82, 2.24) is 5.32 Å². The van der Waals surface area contributed by atoms with Gasteiger partial charge in [-0.3, -0.25) is 0 Å². The van der Waals surface area contributed by atoms with Crippen molar-refractivity contribution in [3.05, 3.63) is 34.9 Å². The van der Waals surface area contributed by atoms with Gasteiger partial charge in [0.05, 0.1) is 0 Å². The quantitative estimate of drug-likeness (QED) is 0.818. The van der Waals surface area contributed by atoms with E-state index in [-0.39, 0.29) is 0 Å². The van der Waals surface area contributed by atoms with E-state index in [1.54, 1.807) is 0 Å². The largest absolute Gasteiger partial charge is 0.313 e. The summed E-state index contributed by atoms with van der Waals surface area (Å²) in [6.07, 6.45) is 6.68. The van der Waals surface area contributed by atoms with Crippen LogP contribution in [0.4, 0.5) is 0 Å². The molecule has 0 aliphatic heterocycles. The third-order valence-electron chi connectivity index (χ3n) is 4.99. The van der Waals surface area contributed by atoms with E-state index in [9.17, 15) is 0 Å². The fourth-order valence-corrected chi connectivity index (χ4v) is 4.26. The zero-order chi connectivity index (χ0) is 13.2. The van der Waals surface area contributed by atoms with Gasteiger partial charge in [0, 0.05) is 11.1 Å². The minimum absolute atomic E-state index is 0.634. The molecule has 2 heteroatoms. The van der Waals surface area contributed by atoms with Crippen molar-refractivity contribution in [3.63, 3.8) is 0 Å². The second-order valence-electron chi connectivity index (χ2n) is 6.19. The molecule has 3 unspecified atom stereocenters. The van der Waals surface area contributed by atoms with E-state index in [0.29, 0.717) is 6.04 Å². The molecule has 1 nitrogen and oxygen atoms in total. The highest BCUT2D eigenvalue weighted by Crippen LogP contribution is 2.59. The molecule has 0 bridgehead atoms. The summed E-state index contributed by atoms with van der Waals surface area (Å²) in [5.74, 6) is 2.94. The molecule has 2 aliphatic carbocycles. The lowest BCUT2D eigenvalue weighted by Gasteiger charge is -2.21. The Bertz CT molecular complexity index is 421. The Kier molecular flexibility index (Phi) is 4.14. The highest BCUT2D eigenvalue weighted by atomic mass is 35.5. The van der Waals surface area contributed by atoms with E-state index in [0.717, 1.165) is 35.7 Å². The van der Waals surface area contributed by atoms with Crippen LogP contribution in [-0.4, -0.2) is 12.6 Å². The summed E-state index contributed by atoms with van der Waals surface area (Å²) in [5, 5.41) is 4.70. The number of hydrogen-bond acceptors (Lipinski definition) is 1. The molecule has 2 fully saturated rings. The van der Waals surface area contributed by atoms with Gasteiger partial charge in [0.25, 0.3) is 0 Å². The van der Waals surface area contributed by atoms with Crippen LogP contribution >= 0.6 is 11.6 Å². The summed E-state index contributed by atoms with van der Waals surface area (Å²) < 4.78 is 0. The summed E-state index contributed by atoms with van der Waals surface area (Å²) in [7, 11) is 0. The van der Waals surface area contributed by atoms with E-state index >= 15 is 0 Å². The van der Waals surface area contributed by atoms with Crippen LogP contribution in [0.1, 0.15) is 38.2 Å². The Morgan fingerprint density at radius 2 is 2.00 bits per heavy atom. The second-order valence-corrected chi connectivity index (χ2v) is 6.60. The number of fused-ring (bicyclic) bond motifs is 1. The van der Waals surface area contributed by atoms with Crippen molar-refractivity contribution >= 4 is 11.6 Å². The Hall–Kier alpha value is -0.530. The maximum Gasteiger partial charge on any atom is 0.0438 e. The van der Waals surface area contributed by atoms with Crippen LogP contribution in [-0.2, 0) is 6.42 Å². The monoisotopic (exact) mass is 277 g/mol. The zero-order valence-corrected chi connectivity index (χ0v) is 12.5. The van der Waals surface area contributed by atoms with Gasteiger partial charge >= 0.3 is 0 Å². The van der Waals surface area contributed by atoms with Crippen LogP contribution in [0.15, 0.2) is 24.3 Å². The van der Waals surface area contributed by atoms with Crippen molar-refractivity contribution in [3.8, 4) is 0 Å². The van der Waals surface area contributed by atoms with Crippen LogP contribution < -0.4 is 5.32 Å². The molecule has 3 rings (SSSR count). The summed E-state index contributed by atoms with van der Waals surface area (Å²) >= 11 is 6.32. The first kappa shape index (κ1) is 13.5. The molecule has 104 valence electrons. The molecule has 0 saturated heterocycles. The molecule has 19 heavy (non-hydrogen) atoms. The first-order valence-corrected chi connectivity index (χ1v) is 8.16. The Morgan fingerprint density at radius 1 is 1.26 bits per heavy atom. The molecule has 1 aromatic rings. The highest BCUT2D eigenvalue weighted by Gasteiger charge is 2.55. The number of benzene rings is 1. The topological polar surface area (TPSA) is 12.0 Å². The third kappa shape index (κ3) is 2.83. The smallest absolute Gasteiger partial charge is 0.0438 e. The number of nitrogens with one attached hydrogen (secondary N) is 1. The lowest BCUT2D eigenvalue weighted by molar-refractivity contribution is 0.403. The van der Waals surface area contributed by atoms with E-state index in [1.807, 2.05) is 12.1 Å². The van der Waals surface area contributed by atoms with Gasteiger partial charge in [0.2, 0.25) is 0 Å². The van der Waals surface area contributed by atoms with Gasteiger partial charge < -0.3 is 5.32 Å². The molecule has 2 aliphatic rings. The SMILES string of the molecule is CCCNC(Cc1ccccc1Cl)C1C2CCCC21. The van der Waals surface area contributed by atoms with Gasteiger partial charge in [-0.05, 0) is 61.6 Å². The fourth-order valence-electron chi connectivity index (χ4n) is 4.05. The first-order chi connectivity index (χ1) is 9.31. The van der Waals surface area contributed by atoms with Crippen molar-refractivity contribution in [2.75, 3.05) is 6.54 Å². The van der Waals surface area contributed by atoms with Crippen molar-refractivity contribution in [1.29, 1.82) is 0 Å². The Morgan fingerprint density at radius 3 is 2.68 bits per heavy atom. The second kappa shape index (κ2) is 5.85. The van der Waals surface area contributed by atoms with Crippen LogP contribution in [0.25, 0.3) is 0 Å². The van der Waals surface area contributed by atoms with E-state index in [4.69, 9.17) is 11.6 Å². The third-order valence-corrected chi connectivity index (χ3v) is 5.36. The summed E-state index contributed by atoms with van der Waals surface area (Å²) in [6.45, 7) is 3.37. The molecule has 2 saturated carbocycles. The number of rotatable bonds is 6. The maximum absolute atomic E-state index is 6.32. The van der Waals surface area contributed by atoms with Gasteiger partial charge in [-0.15, -0.1) is 0 Å². The van der Waals surface area contributed by atoms with Crippen LogP contribution in [0.2, 0.25) is 5.02 Å². The minimum Gasteiger partial charge on any atom is -0.313 e. The molecule has 1 N–H and O–H groups in total.